The van der Waals surface area contributed by atoms with Crippen LogP contribution >= 0.6 is 11.3 Å². The first-order chi connectivity index (χ1) is 13.0. The van der Waals surface area contributed by atoms with E-state index in [0.717, 1.165) is 35.9 Å². The number of aromatic nitrogens is 3. The molecule has 1 amide bonds. The van der Waals surface area contributed by atoms with Crippen molar-refractivity contribution in [2.45, 2.75) is 32.2 Å². The van der Waals surface area contributed by atoms with Crippen molar-refractivity contribution in [1.82, 2.24) is 15.0 Å². The smallest absolute Gasteiger partial charge is 0.279 e. The van der Waals surface area contributed by atoms with Gasteiger partial charge in [-0.15, -0.1) is 16.4 Å². The van der Waals surface area contributed by atoms with Crippen LogP contribution in [-0.4, -0.2) is 26.9 Å². The second-order valence-electron chi connectivity index (χ2n) is 6.36. The standard InChI is InChI=1S/C18H16N4O4S/c23-14(19-11-7-5-10(6-8-11)18(25)26)9-22-17(24)15-12-3-1-2-4-13(12)27-16(15)20-21-22/h5-8H,1-4,9H2,(H,19,23)(H,25,26)/p-1. The van der Waals surface area contributed by atoms with Gasteiger partial charge in [-0.1, -0.05) is 17.3 Å². The molecule has 9 heteroatoms. The molecule has 1 N–H and O–H groups in total. The van der Waals surface area contributed by atoms with E-state index in [4.69, 9.17) is 0 Å². The first-order valence-corrected chi connectivity index (χ1v) is 9.34. The second kappa shape index (κ2) is 6.92. The van der Waals surface area contributed by atoms with Gasteiger partial charge in [0.05, 0.1) is 11.4 Å². The number of aryl methyl sites for hydroxylation is 2. The molecule has 0 saturated heterocycles. The minimum atomic E-state index is -1.29. The van der Waals surface area contributed by atoms with E-state index in [1.54, 1.807) is 0 Å². The fourth-order valence-corrected chi connectivity index (χ4v) is 4.43. The predicted octanol–water partition coefficient (Wildman–Crippen LogP) is 0.734. The molecule has 4 rings (SSSR count). The van der Waals surface area contributed by atoms with E-state index in [9.17, 15) is 19.5 Å². The van der Waals surface area contributed by atoms with Crippen LogP contribution in [0.2, 0.25) is 0 Å². The lowest BCUT2D eigenvalue weighted by Crippen LogP contribution is -2.30. The Balaban J connectivity index is 1.56. The highest BCUT2D eigenvalue weighted by molar-refractivity contribution is 7.18. The molecule has 0 fully saturated rings. The number of anilines is 1. The Morgan fingerprint density at radius 1 is 1.19 bits per heavy atom. The average molecular weight is 383 g/mol. The summed E-state index contributed by atoms with van der Waals surface area (Å²) in [5.41, 5.74) is 1.18. The third kappa shape index (κ3) is 3.33. The summed E-state index contributed by atoms with van der Waals surface area (Å²) in [5, 5.41) is 21.9. The molecular formula is C18H15N4O4S-. The third-order valence-corrected chi connectivity index (χ3v) is 5.72. The lowest BCUT2D eigenvalue weighted by Gasteiger charge is -2.10. The number of carbonyl (C=O) groups excluding carboxylic acids is 2. The van der Waals surface area contributed by atoms with Crippen LogP contribution in [-0.2, 0) is 24.2 Å². The highest BCUT2D eigenvalue weighted by Gasteiger charge is 2.21. The summed E-state index contributed by atoms with van der Waals surface area (Å²) >= 11 is 1.51. The zero-order valence-electron chi connectivity index (χ0n) is 14.2. The first-order valence-electron chi connectivity index (χ1n) is 8.52. The van der Waals surface area contributed by atoms with Crippen LogP contribution in [0.25, 0.3) is 10.2 Å². The van der Waals surface area contributed by atoms with Crippen molar-refractivity contribution in [1.29, 1.82) is 0 Å². The second-order valence-corrected chi connectivity index (χ2v) is 7.44. The number of fused-ring (bicyclic) bond motifs is 3. The number of amides is 1. The fourth-order valence-electron chi connectivity index (χ4n) is 3.24. The van der Waals surface area contributed by atoms with Gasteiger partial charge >= 0.3 is 0 Å². The maximum Gasteiger partial charge on any atom is 0.279 e. The van der Waals surface area contributed by atoms with E-state index in [0.29, 0.717) is 15.9 Å². The molecule has 8 nitrogen and oxygen atoms in total. The highest BCUT2D eigenvalue weighted by atomic mass is 32.1. The van der Waals surface area contributed by atoms with Gasteiger partial charge in [-0.05, 0) is 48.9 Å². The topological polar surface area (TPSA) is 117 Å². The molecule has 27 heavy (non-hydrogen) atoms. The van der Waals surface area contributed by atoms with Crippen molar-refractivity contribution in [3.63, 3.8) is 0 Å². The van der Waals surface area contributed by atoms with Crippen molar-refractivity contribution in [3.05, 3.63) is 50.6 Å². The van der Waals surface area contributed by atoms with E-state index in [1.165, 1.54) is 40.5 Å². The molecule has 0 bridgehead atoms. The van der Waals surface area contributed by atoms with Crippen molar-refractivity contribution in [2.75, 3.05) is 5.32 Å². The van der Waals surface area contributed by atoms with Crippen LogP contribution in [0.15, 0.2) is 29.1 Å². The van der Waals surface area contributed by atoms with Gasteiger partial charge in [0.1, 0.15) is 6.54 Å². The van der Waals surface area contributed by atoms with E-state index in [1.807, 2.05) is 0 Å². The molecule has 0 saturated carbocycles. The molecule has 0 atom stereocenters. The Hall–Kier alpha value is -3.07. The number of benzene rings is 1. The maximum absolute atomic E-state index is 12.8. The zero-order chi connectivity index (χ0) is 19.0. The van der Waals surface area contributed by atoms with Crippen molar-refractivity contribution in [3.8, 4) is 0 Å². The molecule has 138 valence electrons. The number of hydrogen-bond donors (Lipinski definition) is 1. The Bertz CT molecular complexity index is 1100. The van der Waals surface area contributed by atoms with Crippen molar-refractivity contribution >= 4 is 39.1 Å². The number of carboxylic acids is 1. The van der Waals surface area contributed by atoms with Gasteiger partial charge in [0.15, 0.2) is 4.83 Å². The number of rotatable bonds is 4. The molecule has 1 aliphatic rings. The Kier molecular flexibility index (Phi) is 4.44. The van der Waals surface area contributed by atoms with Gasteiger partial charge < -0.3 is 15.2 Å². The normalized spacial score (nSPS) is 13.3. The number of nitrogens with one attached hydrogen (secondary N) is 1. The third-order valence-electron chi connectivity index (χ3n) is 4.54. The predicted molar refractivity (Wildman–Crippen MR) is 97.7 cm³/mol. The Morgan fingerprint density at radius 2 is 1.93 bits per heavy atom. The molecule has 2 heterocycles. The number of nitrogens with zero attached hydrogens (tertiary/aromatic N) is 3. The van der Waals surface area contributed by atoms with E-state index in [-0.39, 0.29) is 17.7 Å². The molecule has 3 aromatic rings. The monoisotopic (exact) mass is 383 g/mol. The SMILES string of the molecule is O=C(Cn1nnc2sc3c(c2c1=O)CCCC3)Nc1ccc(C(=O)[O-])cc1. The molecular weight excluding hydrogens is 368 g/mol. The summed E-state index contributed by atoms with van der Waals surface area (Å²) < 4.78 is 1.06. The van der Waals surface area contributed by atoms with Gasteiger partial charge in [-0.2, -0.15) is 0 Å². The van der Waals surface area contributed by atoms with E-state index < -0.39 is 11.9 Å². The Labute approximate surface area is 157 Å². The minimum absolute atomic E-state index is 0.0165. The summed E-state index contributed by atoms with van der Waals surface area (Å²) in [4.78, 5) is 37.6. The summed E-state index contributed by atoms with van der Waals surface area (Å²) in [5.74, 6) is -1.74. The van der Waals surface area contributed by atoms with Crippen LogP contribution in [0, 0.1) is 0 Å². The average Bonchev–Trinajstić information content (AvgIpc) is 3.04. The maximum atomic E-state index is 12.8. The summed E-state index contributed by atoms with van der Waals surface area (Å²) in [7, 11) is 0. The van der Waals surface area contributed by atoms with Crippen molar-refractivity contribution in [2.24, 2.45) is 0 Å². The van der Waals surface area contributed by atoms with Crippen LogP contribution in [0.4, 0.5) is 5.69 Å². The fraction of sp³-hybridized carbons (Fsp3) is 0.278. The summed E-state index contributed by atoms with van der Waals surface area (Å²) in [6.07, 6.45) is 3.97. The van der Waals surface area contributed by atoms with Crippen molar-refractivity contribution < 1.29 is 14.7 Å². The van der Waals surface area contributed by atoms with Gasteiger partial charge in [0.25, 0.3) is 5.56 Å². The van der Waals surface area contributed by atoms with Crippen LogP contribution < -0.4 is 16.0 Å². The number of carbonyl (C=O) groups is 2. The van der Waals surface area contributed by atoms with Crippen LogP contribution in [0.3, 0.4) is 0 Å². The lowest BCUT2D eigenvalue weighted by atomic mass is 9.97. The van der Waals surface area contributed by atoms with Gasteiger partial charge in [0, 0.05) is 10.6 Å². The van der Waals surface area contributed by atoms with Gasteiger partial charge in [-0.3, -0.25) is 9.59 Å². The number of carboxylic acid groups (broad SMARTS) is 1. The van der Waals surface area contributed by atoms with Crippen LogP contribution in [0.1, 0.15) is 33.6 Å². The van der Waals surface area contributed by atoms with E-state index >= 15 is 0 Å². The summed E-state index contributed by atoms with van der Waals surface area (Å²) in [6.45, 7) is -0.269. The molecule has 0 radical (unpaired) electrons. The largest absolute Gasteiger partial charge is 0.545 e. The zero-order valence-corrected chi connectivity index (χ0v) is 15.0. The molecule has 1 aromatic carbocycles. The first kappa shape index (κ1) is 17.3. The molecule has 0 aliphatic heterocycles. The quantitative estimate of drug-likeness (QED) is 0.710. The summed E-state index contributed by atoms with van der Waals surface area (Å²) in [6, 6.07) is 5.58. The number of thiophene rings is 1. The van der Waals surface area contributed by atoms with Crippen LogP contribution in [0.5, 0.6) is 0 Å². The number of hydrogen-bond acceptors (Lipinski definition) is 7. The number of aromatic carboxylic acids is 1. The van der Waals surface area contributed by atoms with E-state index in [2.05, 4.69) is 15.6 Å². The minimum Gasteiger partial charge on any atom is -0.545 e. The van der Waals surface area contributed by atoms with Gasteiger partial charge in [-0.25, -0.2) is 4.68 Å². The molecule has 1 aliphatic carbocycles. The molecule has 0 spiro atoms. The highest BCUT2D eigenvalue weighted by Crippen LogP contribution is 2.33. The lowest BCUT2D eigenvalue weighted by molar-refractivity contribution is -0.255. The molecule has 0 unspecified atom stereocenters. The molecule has 2 aromatic heterocycles. The Morgan fingerprint density at radius 3 is 2.67 bits per heavy atom. The van der Waals surface area contributed by atoms with Gasteiger partial charge in [0.2, 0.25) is 5.91 Å².